The van der Waals surface area contributed by atoms with Crippen LogP contribution in [0.25, 0.3) is 22.3 Å². The third-order valence-corrected chi connectivity index (χ3v) is 4.80. The summed E-state index contributed by atoms with van der Waals surface area (Å²) in [6, 6.07) is 32.3. The highest BCUT2D eigenvalue weighted by Gasteiger charge is 2.05. The van der Waals surface area contributed by atoms with Gasteiger partial charge < -0.3 is 9.84 Å². The van der Waals surface area contributed by atoms with Gasteiger partial charge in [-0.25, -0.2) is 0 Å². The highest BCUT2D eigenvalue weighted by Crippen LogP contribution is 2.29. The fourth-order valence-electron chi connectivity index (χ4n) is 3.18. The van der Waals surface area contributed by atoms with E-state index in [-0.39, 0.29) is 5.75 Å². The first-order valence-corrected chi connectivity index (χ1v) is 9.40. The van der Waals surface area contributed by atoms with Crippen molar-refractivity contribution in [2.45, 2.75) is 0 Å². The summed E-state index contributed by atoms with van der Waals surface area (Å²) in [6.45, 7) is 0. The first kappa shape index (κ1) is 18.5. The van der Waals surface area contributed by atoms with Gasteiger partial charge in [0.1, 0.15) is 0 Å². The summed E-state index contributed by atoms with van der Waals surface area (Å²) in [4.78, 5) is 4.46. The maximum absolute atomic E-state index is 10.1. The van der Waals surface area contributed by atoms with Crippen LogP contribution in [-0.2, 0) is 0 Å². The SMILES string of the molecule is COc1cccc(C=Nc2ccc(-c3ccc(-c4ccccc4)cc3)cc2)c1O. The number of hydrogen-bond donors (Lipinski definition) is 1. The summed E-state index contributed by atoms with van der Waals surface area (Å²) in [5.74, 6) is 0.525. The number of aromatic hydroxyl groups is 1. The van der Waals surface area contributed by atoms with Crippen LogP contribution in [-0.4, -0.2) is 18.4 Å². The van der Waals surface area contributed by atoms with E-state index in [9.17, 15) is 5.11 Å². The number of nitrogens with zero attached hydrogens (tertiary/aromatic N) is 1. The molecule has 0 unspecified atom stereocenters. The number of rotatable bonds is 5. The third kappa shape index (κ3) is 4.19. The molecule has 0 atom stereocenters. The molecular weight excluding hydrogens is 358 g/mol. The summed E-state index contributed by atoms with van der Waals surface area (Å²) in [6.07, 6.45) is 1.64. The molecule has 0 aliphatic rings. The van der Waals surface area contributed by atoms with E-state index in [0.29, 0.717) is 11.3 Å². The van der Waals surface area contributed by atoms with Crippen LogP contribution in [0.15, 0.2) is 102 Å². The molecule has 4 aromatic carbocycles. The second kappa shape index (κ2) is 8.44. The zero-order valence-corrected chi connectivity index (χ0v) is 16.1. The van der Waals surface area contributed by atoms with E-state index in [1.54, 1.807) is 18.3 Å². The van der Waals surface area contributed by atoms with Crippen LogP contribution < -0.4 is 4.74 Å². The molecule has 0 fully saturated rings. The molecule has 0 radical (unpaired) electrons. The molecule has 0 heterocycles. The minimum atomic E-state index is 0.0916. The summed E-state index contributed by atoms with van der Waals surface area (Å²) in [5.41, 5.74) is 6.14. The Kier molecular flexibility index (Phi) is 5.39. The lowest BCUT2D eigenvalue weighted by atomic mass is 10.0. The number of phenols is 1. The van der Waals surface area contributed by atoms with E-state index in [2.05, 4.69) is 53.5 Å². The molecule has 142 valence electrons. The van der Waals surface area contributed by atoms with Gasteiger partial charge in [-0.05, 0) is 46.5 Å². The van der Waals surface area contributed by atoms with Crippen molar-refractivity contribution in [3.05, 3.63) is 103 Å². The van der Waals surface area contributed by atoms with Crippen molar-refractivity contribution in [1.82, 2.24) is 0 Å². The molecule has 0 aliphatic carbocycles. The van der Waals surface area contributed by atoms with Gasteiger partial charge in [0.05, 0.1) is 12.8 Å². The predicted octanol–water partition coefficient (Wildman–Crippen LogP) is 6.49. The highest BCUT2D eigenvalue weighted by molar-refractivity contribution is 5.86. The summed E-state index contributed by atoms with van der Waals surface area (Å²) in [7, 11) is 1.53. The quantitative estimate of drug-likeness (QED) is 0.403. The molecule has 29 heavy (non-hydrogen) atoms. The van der Waals surface area contributed by atoms with E-state index in [1.165, 1.54) is 18.2 Å². The van der Waals surface area contributed by atoms with Gasteiger partial charge >= 0.3 is 0 Å². The minimum absolute atomic E-state index is 0.0916. The van der Waals surface area contributed by atoms with E-state index in [4.69, 9.17) is 4.74 Å². The number of hydrogen-bond acceptors (Lipinski definition) is 3. The van der Waals surface area contributed by atoms with Crippen molar-refractivity contribution >= 4 is 11.9 Å². The number of methoxy groups -OCH3 is 1. The third-order valence-electron chi connectivity index (χ3n) is 4.80. The molecule has 4 rings (SSSR count). The summed E-state index contributed by atoms with van der Waals surface area (Å²) >= 11 is 0. The van der Waals surface area contributed by atoms with Gasteiger partial charge in [-0.3, -0.25) is 4.99 Å². The number of ether oxygens (including phenoxy) is 1. The fraction of sp³-hybridized carbons (Fsp3) is 0.0385. The van der Waals surface area contributed by atoms with Crippen molar-refractivity contribution < 1.29 is 9.84 Å². The van der Waals surface area contributed by atoms with Crippen molar-refractivity contribution in [3.8, 4) is 33.8 Å². The number of para-hydroxylation sites is 1. The zero-order valence-electron chi connectivity index (χ0n) is 16.1. The molecule has 0 saturated carbocycles. The average Bonchev–Trinajstić information content (AvgIpc) is 2.79. The maximum Gasteiger partial charge on any atom is 0.166 e. The molecule has 0 bridgehead atoms. The van der Waals surface area contributed by atoms with Gasteiger partial charge in [0.15, 0.2) is 11.5 Å². The van der Waals surface area contributed by atoms with Crippen molar-refractivity contribution in [3.63, 3.8) is 0 Å². The van der Waals surface area contributed by atoms with Gasteiger partial charge in [-0.1, -0.05) is 72.8 Å². The van der Waals surface area contributed by atoms with Crippen LogP contribution in [0, 0.1) is 0 Å². The molecule has 0 aliphatic heterocycles. The molecule has 4 aromatic rings. The zero-order chi connectivity index (χ0) is 20.1. The highest BCUT2D eigenvalue weighted by atomic mass is 16.5. The van der Waals surface area contributed by atoms with Crippen LogP contribution >= 0.6 is 0 Å². The lowest BCUT2D eigenvalue weighted by Gasteiger charge is -2.06. The summed E-state index contributed by atoms with van der Waals surface area (Å²) < 4.78 is 5.13. The normalized spacial score (nSPS) is 10.9. The van der Waals surface area contributed by atoms with Crippen LogP contribution in [0.5, 0.6) is 11.5 Å². The van der Waals surface area contributed by atoms with E-state index >= 15 is 0 Å². The largest absolute Gasteiger partial charge is 0.504 e. The Bertz CT molecular complexity index is 1120. The minimum Gasteiger partial charge on any atom is -0.504 e. The Morgan fingerprint density at radius 3 is 1.79 bits per heavy atom. The lowest BCUT2D eigenvalue weighted by Crippen LogP contribution is -1.88. The topological polar surface area (TPSA) is 41.8 Å². The maximum atomic E-state index is 10.1. The number of phenolic OH excluding ortho intramolecular Hbond substituents is 1. The Labute approximate surface area is 170 Å². The standard InChI is InChI=1S/C26H21NO2/c1-29-25-9-5-8-23(26(25)28)18-27-24-16-14-22(15-17-24)21-12-10-20(11-13-21)19-6-3-2-4-7-19/h2-18,28H,1H3. The Hall–Kier alpha value is -3.85. The molecule has 3 nitrogen and oxygen atoms in total. The first-order chi connectivity index (χ1) is 14.2. The predicted molar refractivity (Wildman–Crippen MR) is 119 cm³/mol. The van der Waals surface area contributed by atoms with E-state index < -0.39 is 0 Å². The monoisotopic (exact) mass is 379 g/mol. The molecule has 0 saturated heterocycles. The molecule has 0 aromatic heterocycles. The van der Waals surface area contributed by atoms with Gasteiger partial charge in [0, 0.05) is 11.8 Å². The Morgan fingerprint density at radius 1 is 0.655 bits per heavy atom. The molecule has 0 spiro atoms. The second-order valence-corrected chi connectivity index (χ2v) is 6.65. The number of benzene rings is 4. The van der Waals surface area contributed by atoms with Gasteiger partial charge in [0.25, 0.3) is 0 Å². The summed E-state index contributed by atoms with van der Waals surface area (Å²) in [5, 5.41) is 10.1. The van der Waals surface area contributed by atoms with Crippen LogP contribution in [0.4, 0.5) is 5.69 Å². The second-order valence-electron chi connectivity index (χ2n) is 6.65. The molecule has 0 amide bonds. The fourth-order valence-corrected chi connectivity index (χ4v) is 3.18. The van der Waals surface area contributed by atoms with Crippen LogP contribution in [0.3, 0.4) is 0 Å². The Morgan fingerprint density at radius 2 is 1.21 bits per heavy atom. The van der Waals surface area contributed by atoms with Crippen molar-refractivity contribution in [2.24, 2.45) is 4.99 Å². The van der Waals surface area contributed by atoms with Gasteiger partial charge in [-0.15, -0.1) is 0 Å². The molecule has 1 N–H and O–H groups in total. The lowest BCUT2D eigenvalue weighted by molar-refractivity contribution is 0.373. The smallest absolute Gasteiger partial charge is 0.166 e. The van der Waals surface area contributed by atoms with E-state index in [0.717, 1.165) is 16.8 Å². The average molecular weight is 379 g/mol. The van der Waals surface area contributed by atoms with Crippen molar-refractivity contribution in [1.29, 1.82) is 0 Å². The van der Waals surface area contributed by atoms with Gasteiger partial charge in [-0.2, -0.15) is 0 Å². The molecular formula is C26H21NO2. The van der Waals surface area contributed by atoms with Crippen molar-refractivity contribution in [2.75, 3.05) is 7.11 Å². The van der Waals surface area contributed by atoms with Gasteiger partial charge in [0.2, 0.25) is 0 Å². The van der Waals surface area contributed by atoms with E-state index in [1.807, 2.05) is 36.4 Å². The first-order valence-electron chi connectivity index (χ1n) is 9.40. The Balaban J connectivity index is 1.51. The molecule has 3 heteroatoms. The number of aliphatic imine (C=N–C) groups is 1. The van der Waals surface area contributed by atoms with Crippen LogP contribution in [0.1, 0.15) is 5.56 Å². The van der Waals surface area contributed by atoms with Crippen LogP contribution in [0.2, 0.25) is 0 Å².